The van der Waals surface area contributed by atoms with Crippen molar-refractivity contribution in [2.75, 3.05) is 6.54 Å². The summed E-state index contributed by atoms with van der Waals surface area (Å²) in [7, 11) is 0. The van der Waals surface area contributed by atoms with E-state index in [4.69, 9.17) is 0 Å². The highest BCUT2D eigenvalue weighted by atomic mass is 16.4. The van der Waals surface area contributed by atoms with Crippen LogP contribution >= 0.6 is 0 Å². The molecule has 2 aromatic carbocycles. The number of phenolic OH excluding ortho intramolecular Hbond substituents is 1. The molecule has 0 saturated carbocycles. The number of hydrogen-bond acceptors (Lipinski definition) is 5. The Hall–Kier alpha value is -3.19. The molecule has 4 atom stereocenters. The van der Waals surface area contributed by atoms with Gasteiger partial charge in [0.15, 0.2) is 5.54 Å². The van der Waals surface area contributed by atoms with E-state index in [0.29, 0.717) is 17.5 Å². The number of nitrogens with one attached hydrogen (secondary N) is 1. The van der Waals surface area contributed by atoms with Crippen molar-refractivity contribution in [1.82, 2.24) is 10.2 Å². The Labute approximate surface area is 174 Å². The van der Waals surface area contributed by atoms with Crippen LogP contribution in [0.5, 0.6) is 5.75 Å². The highest BCUT2D eigenvalue weighted by molar-refractivity contribution is 6.09. The van der Waals surface area contributed by atoms with Crippen molar-refractivity contribution in [2.45, 2.75) is 31.3 Å². The lowest BCUT2D eigenvalue weighted by Gasteiger charge is -2.31. The zero-order valence-electron chi connectivity index (χ0n) is 16.6. The number of aromatic hydroxyl groups is 1. The molecule has 2 aliphatic heterocycles. The van der Waals surface area contributed by atoms with Gasteiger partial charge >= 0.3 is 5.97 Å². The fourth-order valence-corrected chi connectivity index (χ4v) is 4.81. The summed E-state index contributed by atoms with van der Waals surface area (Å²) in [6.07, 6.45) is 1.45. The number of likely N-dealkylation sites (tertiary alicyclic amines) is 1. The van der Waals surface area contributed by atoms with E-state index in [1.54, 1.807) is 48.5 Å². The number of carboxylic acid groups (broad SMARTS) is 1. The van der Waals surface area contributed by atoms with Gasteiger partial charge in [-0.3, -0.25) is 19.8 Å². The molecule has 0 aromatic heterocycles. The second-order valence-corrected chi connectivity index (χ2v) is 7.85. The topological polar surface area (TPSA) is 107 Å². The Morgan fingerprint density at radius 2 is 1.73 bits per heavy atom. The fourth-order valence-electron chi connectivity index (χ4n) is 4.81. The molecule has 4 rings (SSSR count). The van der Waals surface area contributed by atoms with Gasteiger partial charge in [-0.25, -0.2) is 4.79 Å². The number of nitrogens with zero attached hydrogens (tertiary/aromatic N) is 1. The first-order valence-electron chi connectivity index (χ1n) is 10.1. The minimum absolute atomic E-state index is 0.0461. The number of fused-ring (bicyclic) bond motifs is 1. The number of rotatable bonds is 6. The molecule has 0 bridgehead atoms. The highest BCUT2D eigenvalue weighted by Crippen LogP contribution is 2.54. The van der Waals surface area contributed by atoms with E-state index in [9.17, 15) is 24.6 Å². The predicted octanol–water partition coefficient (Wildman–Crippen LogP) is 2.42. The third kappa shape index (κ3) is 2.81. The minimum atomic E-state index is -1.77. The van der Waals surface area contributed by atoms with E-state index in [1.165, 1.54) is 11.0 Å². The first-order valence-corrected chi connectivity index (χ1v) is 10.1. The maximum Gasteiger partial charge on any atom is 0.329 e. The van der Waals surface area contributed by atoms with Gasteiger partial charge in [0.2, 0.25) is 11.8 Å². The molecule has 2 amide bonds. The van der Waals surface area contributed by atoms with E-state index in [2.05, 4.69) is 5.32 Å². The van der Waals surface area contributed by atoms with Crippen LogP contribution in [0.25, 0.3) is 0 Å². The summed E-state index contributed by atoms with van der Waals surface area (Å²) >= 11 is 0. The van der Waals surface area contributed by atoms with Crippen LogP contribution < -0.4 is 5.32 Å². The molecule has 2 aromatic rings. The number of amides is 2. The molecule has 3 N–H and O–H groups in total. The normalized spacial score (nSPS) is 28.0. The molecule has 4 unspecified atom stereocenters. The van der Waals surface area contributed by atoms with Crippen LogP contribution in [0.4, 0.5) is 0 Å². The van der Waals surface area contributed by atoms with Crippen molar-refractivity contribution < 1.29 is 24.6 Å². The Balaban J connectivity index is 1.91. The molecular weight excluding hydrogens is 384 g/mol. The third-order valence-electron chi connectivity index (χ3n) is 6.22. The van der Waals surface area contributed by atoms with E-state index >= 15 is 0 Å². The molecule has 30 heavy (non-hydrogen) atoms. The maximum atomic E-state index is 13.4. The number of unbranched alkanes of at least 4 members (excludes halogenated alkanes) is 1. The largest absolute Gasteiger partial charge is 0.508 e. The number of aliphatic carboxylic acids is 1. The van der Waals surface area contributed by atoms with Crippen LogP contribution in [-0.4, -0.2) is 39.4 Å². The van der Waals surface area contributed by atoms with Crippen molar-refractivity contribution >= 4 is 17.8 Å². The van der Waals surface area contributed by atoms with Gasteiger partial charge in [0, 0.05) is 18.2 Å². The first kappa shape index (κ1) is 20.1. The summed E-state index contributed by atoms with van der Waals surface area (Å²) in [4.78, 5) is 40.6. The zero-order valence-corrected chi connectivity index (χ0v) is 16.6. The molecule has 156 valence electrons. The standard InChI is InChI=1S/C23H24N2O5/c1-2-3-13-25-20(27)17-18(21(25)28)23(22(29)30,14-9-5-4-6-10-14)24-19(17)15-11-7-8-12-16(15)26/h4-12,17-19,24,26H,2-3,13H2,1H3,(H,29,30). The van der Waals surface area contributed by atoms with Gasteiger partial charge in [-0.2, -0.15) is 0 Å². The fraction of sp³-hybridized carbons (Fsp3) is 0.348. The molecule has 0 radical (unpaired) electrons. The molecular formula is C23H24N2O5. The van der Waals surface area contributed by atoms with Crippen LogP contribution in [-0.2, 0) is 19.9 Å². The minimum Gasteiger partial charge on any atom is -0.508 e. The monoisotopic (exact) mass is 408 g/mol. The zero-order chi connectivity index (χ0) is 21.5. The number of phenols is 1. The predicted molar refractivity (Wildman–Crippen MR) is 108 cm³/mol. The van der Waals surface area contributed by atoms with Crippen molar-refractivity contribution in [2.24, 2.45) is 11.8 Å². The number of carboxylic acids is 1. The Morgan fingerprint density at radius 1 is 1.07 bits per heavy atom. The van der Waals surface area contributed by atoms with E-state index in [-0.39, 0.29) is 12.3 Å². The lowest BCUT2D eigenvalue weighted by Crippen LogP contribution is -2.53. The van der Waals surface area contributed by atoms with Gasteiger partial charge < -0.3 is 10.2 Å². The number of imide groups is 1. The van der Waals surface area contributed by atoms with Crippen molar-refractivity contribution in [3.8, 4) is 5.75 Å². The van der Waals surface area contributed by atoms with Gasteiger partial charge in [0.05, 0.1) is 11.8 Å². The summed E-state index contributed by atoms with van der Waals surface area (Å²) in [5, 5.41) is 23.9. The highest BCUT2D eigenvalue weighted by Gasteiger charge is 2.69. The van der Waals surface area contributed by atoms with Gasteiger partial charge in [0.25, 0.3) is 0 Å². The van der Waals surface area contributed by atoms with Crippen LogP contribution in [0, 0.1) is 11.8 Å². The summed E-state index contributed by atoms with van der Waals surface area (Å²) in [6, 6.07) is 14.2. The van der Waals surface area contributed by atoms with Gasteiger partial charge in [-0.05, 0) is 18.1 Å². The number of benzene rings is 2. The summed E-state index contributed by atoms with van der Waals surface area (Å²) in [5.74, 6) is -4.16. The number of para-hydroxylation sites is 1. The number of hydrogen-bond donors (Lipinski definition) is 3. The van der Waals surface area contributed by atoms with E-state index in [1.807, 2.05) is 6.92 Å². The molecule has 0 aliphatic carbocycles. The number of carbonyl (C=O) groups is 3. The maximum absolute atomic E-state index is 13.4. The SMILES string of the molecule is CCCCN1C(=O)C2C(c3ccccc3O)NC(C(=O)O)(c3ccccc3)C2C1=O. The van der Waals surface area contributed by atoms with Crippen LogP contribution in [0.15, 0.2) is 54.6 Å². The van der Waals surface area contributed by atoms with Gasteiger partial charge in [0.1, 0.15) is 5.75 Å². The van der Waals surface area contributed by atoms with Gasteiger partial charge in [-0.1, -0.05) is 61.9 Å². The molecule has 2 fully saturated rings. The number of carbonyl (C=O) groups excluding carboxylic acids is 2. The van der Waals surface area contributed by atoms with Crippen LogP contribution in [0.1, 0.15) is 36.9 Å². The quantitative estimate of drug-likeness (QED) is 0.634. The molecule has 2 aliphatic rings. The molecule has 0 spiro atoms. The second-order valence-electron chi connectivity index (χ2n) is 7.85. The van der Waals surface area contributed by atoms with Crippen molar-refractivity contribution in [3.05, 3.63) is 65.7 Å². The lowest BCUT2D eigenvalue weighted by atomic mass is 9.75. The second kappa shape index (κ2) is 7.57. The molecule has 7 heteroatoms. The van der Waals surface area contributed by atoms with Gasteiger partial charge in [-0.15, -0.1) is 0 Å². The summed E-state index contributed by atoms with van der Waals surface area (Å²) < 4.78 is 0. The average Bonchev–Trinajstić information content (AvgIpc) is 3.23. The third-order valence-corrected chi connectivity index (χ3v) is 6.22. The van der Waals surface area contributed by atoms with E-state index < -0.39 is 41.2 Å². The van der Waals surface area contributed by atoms with Crippen LogP contribution in [0.2, 0.25) is 0 Å². The molecule has 2 heterocycles. The molecule has 2 saturated heterocycles. The molecule has 7 nitrogen and oxygen atoms in total. The Kier molecular flexibility index (Phi) is 5.07. The smallest absolute Gasteiger partial charge is 0.329 e. The van der Waals surface area contributed by atoms with Crippen molar-refractivity contribution in [3.63, 3.8) is 0 Å². The Bertz CT molecular complexity index is 992. The summed E-state index contributed by atoms with van der Waals surface area (Å²) in [6.45, 7) is 2.23. The van der Waals surface area contributed by atoms with Crippen LogP contribution in [0.3, 0.4) is 0 Å². The lowest BCUT2D eigenvalue weighted by molar-refractivity contribution is -0.152. The average molecular weight is 408 g/mol. The Morgan fingerprint density at radius 3 is 2.37 bits per heavy atom. The summed E-state index contributed by atoms with van der Waals surface area (Å²) in [5.41, 5.74) is -0.957. The van der Waals surface area contributed by atoms with Crippen molar-refractivity contribution in [1.29, 1.82) is 0 Å². The van der Waals surface area contributed by atoms with E-state index in [0.717, 1.165) is 6.42 Å². The first-order chi connectivity index (χ1) is 14.4.